The summed E-state index contributed by atoms with van der Waals surface area (Å²) in [6, 6.07) is 9.63. The van der Waals surface area contributed by atoms with E-state index >= 15 is 0 Å². The number of alkyl halides is 1. The molecule has 1 unspecified atom stereocenters. The molecule has 0 saturated heterocycles. The molecular weight excluding hydrogens is 292 g/mol. The predicted molar refractivity (Wildman–Crippen MR) is 77.1 cm³/mol. The highest BCUT2D eigenvalue weighted by Gasteiger charge is 2.12. The third-order valence-corrected chi connectivity index (χ3v) is 3.25. The quantitative estimate of drug-likeness (QED) is 0.882. The Kier molecular flexibility index (Phi) is 4.31. The second-order valence-electron chi connectivity index (χ2n) is 4.23. The number of fused-ring (bicyclic) bond motifs is 1. The molecule has 0 aliphatic heterocycles. The Bertz CT molecular complexity index is 551. The van der Waals surface area contributed by atoms with Crippen molar-refractivity contribution >= 4 is 32.7 Å². The minimum absolute atomic E-state index is 0.0623. The molecular formula is C14H15BrN2O. The zero-order valence-electron chi connectivity index (χ0n) is 10.2. The zero-order valence-corrected chi connectivity index (χ0v) is 11.8. The Morgan fingerprint density at radius 1 is 1.39 bits per heavy atom. The van der Waals surface area contributed by atoms with Gasteiger partial charge in [-0.2, -0.15) is 0 Å². The van der Waals surface area contributed by atoms with Crippen LogP contribution >= 0.6 is 15.9 Å². The molecule has 94 valence electrons. The van der Waals surface area contributed by atoms with Crippen molar-refractivity contribution in [2.45, 2.75) is 19.4 Å². The zero-order chi connectivity index (χ0) is 13.0. The van der Waals surface area contributed by atoms with Crippen molar-refractivity contribution < 1.29 is 4.79 Å². The molecule has 1 aromatic carbocycles. The van der Waals surface area contributed by atoms with Crippen molar-refractivity contribution in [3.05, 3.63) is 42.1 Å². The van der Waals surface area contributed by atoms with E-state index < -0.39 is 0 Å². The molecule has 0 fully saturated rings. The van der Waals surface area contributed by atoms with Crippen LogP contribution in [0.25, 0.3) is 10.9 Å². The fraction of sp³-hybridized carbons (Fsp3) is 0.286. The maximum Gasteiger partial charge on any atom is 0.253 e. The van der Waals surface area contributed by atoms with Crippen LogP contribution in [0.5, 0.6) is 0 Å². The van der Waals surface area contributed by atoms with Crippen molar-refractivity contribution in [1.29, 1.82) is 0 Å². The third-order valence-electron chi connectivity index (χ3n) is 2.80. The maximum absolute atomic E-state index is 12.2. The number of amides is 1. The van der Waals surface area contributed by atoms with Gasteiger partial charge in [0, 0.05) is 23.0 Å². The second kappa shape index (κ2) is 5.96. The van der Waals surface area contributed by atoms with Crippen molar-refractivity contribution in [3.8, 4) is 0 Å². The number of hydrogen-bond acceptors (Lipinski definition) is 2. The molecule has 18 heavy (non-hydrogen) atoms. The van der Waals surface area contributed by atoms with Gasteiger partial charge in [0.05, 0.1) is 11.1 Å². The molecule has 0 aliphatic carbocycles. The maximum atomic E-state index is 12.2. The van der Waals surface area contributed by atoms with Gasteiger partial charge in [-0.25, -0.2) is 0 Å². The monoisotopic (exact) mass is 306 g/mol. The van der Waals surface area contributed by atoms with Crippen LogP contribution in [0.3, 0.4) is 0 Å². The van der Waals surface area contributed by atoms with Gasteiger partial charge >= 0.3 is 0 Å². The summed E-state index contributed by atoms with van der Waals surface area (Å²) in [6.07, 6.45) is 2.62. The normalized spacial score (nSPS) is 12.3. The van der Waals surface area contributed by atoms with Gasteiger partial charge in [0.25, 0.3) is 5.91 Å². The Morgan fingerprint density at radius 2 is 2.17 bits per heavy atom. The molecule has 0 aliphatic rings. The van der Waals surface area contributed by atoms with E-state index in [1.165, 1.54) is 0 Å². The second-order valence-corrected chi connectivity index (χ2v) is 5.03. The Balaban J connectivity index is 2.28. The minimum atomic E-state index is -0.0623. The van der Waals surface area contributed by atoms with Crippen LogP contribution in [0.15, 0.2) is 36.5 Å². The van der Waals surface area contributed by atoms with Crippen molar-refractivity contribution in [1.82, 2.24) is 10.3 Å². The van der Waals surface area contributed by atoms with E-state index in [1.807, 2.05) is 37.3 Å². The van der Waals surface area contributed by atoms with Gasteiger partial charge in [-0.1, -0.05) is 34.1 Å². The number of benzene rings is 1. The summed E-state index contributed by atoms with van der Waals surface area (Å²) in [5.41, 5.74) is 1.39. The predicted octanol–water partition coefficient (Wildman–Crippen LogP) is 3.14. The molecule has 3 nitrogen and oxygen atoms in total. The molecule has 0 spiro atoms. The van der Waals surface area contributed by atoms with Crippen LogP contribution in [-0.2, 0) is 0 Å². The van der Waals surface area contributed by atoms with E-state index in [-0.39, 0.29) is 11.9 Å². The van der Waals surface area contributed by atoms with Crippen LogP contribution < -0.4 is 5.32 Å². The van der Waals surface area contributed by atoms with E-state index in [0.29, 0.717) is 5.56 Å². The fourth-order valence-corrected chi connectivity index (χ4v) is 2.51. The van der Waals surface area contributed by atoms with Gasteiger partial charge < -0.3 is 5.32 Å². The topological polar surface area (TPSA) is 42.0 Å². The first-order valence-corrected chi connectivity index (χ1v) is 7.05. The van der Waals surface area contributed by atoms with E-state index in [4.69, 9.17) is 0 Å². The first-order chi connectivity index (χ1) is 8.72. The van der Waals surface area contributed by atoms with Crippen LogP contribution in [0.4, 0.5) is 0 Å². The van der Waals surface area contributed by atoms with Gasteiger partial charge in [-0.15, -0.1) is 0 Å². The number of carbonyl (C=O) groups is 1. The van der Waals surface area contributed by atoms with Gasteiger partial charge in [0.1, 0.15) is 0 Å². The molecule has 1 heterocycles. The van der Waals surface area contributed by atoms with Gasteiger partial charge in [0.15, 0.2) is 0 Å². The van der Waals surface area contributed by atoms with E-state index in [0.717, 1.165) is 22.7 Å². The minimum Gasteiger partial charge on any atom is -0.349 e. The number of nitrogens with one attached hydrogen (secondary N) is 1. The van der Waals surface area contributed by atoms with E-state index in [1.54, 1.807) is 6.20 Å². The Morgan fingerprint density at radius 3 is 2.94 bits per heavy atom. The van der Waals surface area contributed by atoms with Crippen LogP contribution in [-0.4, -0.2) is 22.3 Å². The van der Waals surface area contributed by atoms with Crippen LogP contribution in [0.1, 0.15) is 23.7 Å². The summed E-state index contributed by atoms with van der Waals surface area (Å²) in [5, 5.41) is 4.84. The highest BCUT2D eigenvalue weighted by atomic mass is 79.9. The fourth-order valence-electron chi connectivity index (χ4n) is 1.82. The number of carbonyl (C=O) groups excluding carboxylic acids is 1. The Labute approximate surface area is 115 Å². The van der Waals surface area contributed by atoms with Crippen molar-refractivity contribution in [3.63, 3.8) is 0 Å². The summed E-state index contributed by atoms with van der Waals surface area (Å²) < 4.78 is 0. The lowest BCUT2D eigenvalue weighted by atomic mass is 10.1. The van der Waals surface area contributed by atoms with Gasteiger partial charge in [-0.3, -0.25) is 9.78 Å². The smallest absolute Gasteiger partial charge is 0.253 e. The third kappa shape index (κ3) is 2.88. The molecule has 0 saturated carbocycles. The molecule has 2 rings (SSSR count). The molecule has 0 bridgehead atoms. The molecule has 1 N–H and O–H groups in total. The van der Waals surface area contributed by atoms with Crippen LogP contribution in [0.2, 0.25) is 0 Å². The first kappa shape index (κ1) is 13.0. The van der Waals surface area contributed by atoms with Crippen LogP contribution in [0, 0.1) is 0 Å². The van der Waals surface area contributed by atoms with Gasteiger partial charge in [0.2, 0.25) is 0 Å². The summed E-state index contributed by atoms with van der Waals surface area (Å²) in [4.78, 5) is 16.5. The summed E-state index contributed by atoms with van der Waals surface area (Å²) in [5.74, 6) is -0.0623. The number of para-hydroxylation sites is 1. The van der Waals surface area contributed by atoms with Crippen molar-refractivity contribution in [2.24, 2.45) is 0 Å². The number of pyridine rings is 1. The van der Waals surface area contributed by atoms with Crippen molar-refractivity contribution in [2.75, 3.05) is 5.33 Å². The lowest BCUT2D eigenvalue weighted by Gasteiger charge is -2.13. The number of halogens is 1. The highest BCUT2D eigenvalue weighted by Crippen LogP contribution is 2.16. The standard InChI is InChI=1S/C14H15BrN2O/c1-10(7-8-15)17-14(18)12-6-2-4-11-5-3-9-16-13(11)12/h2-6,9-10H,7-8H2,1H3,(H,17,18). The van der Waals surface area contributed by atoms with E-state index in [2.05, 4.69) is 26.2 Å². The molecule has 1 aromatic heterocycles. The molecule has 0 radical (unpaired) electrons. The average Bonchev–Trinajstić information content (AvgIpc) is 2.38. The lowest BCUT2D eigenvalue weighted by Crippen LogP contribution is -2.32. The highest BCUT2D eigenvalue weighted by molar-refractivity contribution is 9.09. The number of aromatic nitrogens is 1. The average molecular weight is 307 g/mol. The summed E-state index contributed by atoms with van der Waals surface area (Å²) >= 11 is 3.37. The number of hydrogen-bond donors (Lipinski definition) is 1. The summed E-state index contributed by atoms with van der Waals surface area (Å²) in [7, 11) is 0. The number of rotatable bonds is 4. The molecule has 2 aromatic rings. The number of nitrogens with zero attached hydrogens (tertiary/aromatic N) is 1. The molecule has 4 heteroatoms. The summed E-state index contributed by atoms with van der Waals surface area (Å²) in [6.45, 7) is 2.00. The molecule has 1 amide bonds. The van der Waals surface area contributed by atoms with Gasteiger partial charge in [-0.05, 0) is 25.5 Å². The lowest BCUT2D eigenvalue weighted by molar-refractivity contribution is 0.0941. The SMILES string of the molecule is CC(CCBr)NC(=O)c1cccc2cccnc12. The largest absolute Gasteiger partial charge is 0.349 e. The molecule has 1 atom stereocenters. The van der Waals surface area contributed by atoms with E-state index in [9.17, 15) is 4.79 Å². The Hall–Kier alpha value is -1.42. The first-order valence-electron chi connectivity index (χ1n) is 5.93.